The third kappa shape index (κ3) is 5.16. The van der Waals surface area contributed by atoms with Crippen molar-refractivity contribution in [2.75, 3.05) is 13.2 Å². The molecule has 0 saturated carbocycles. The number of carbonyl (C=O) groups excluding carboxylic acids is 1. The van der Waals surface area contributed by atoms with Gasteiger partial charge in [0.25, 0.3) is 5.91 Å². The van der Waals surface area contributed by atoms with Crippen LogP contribution in [0.1, 0.15) is 15.9 Å². The molecule has 3 N–H and O–H groups in total. The van der Waals surface area contributed by atoms with E-state index in [0.29, 0.717) is 21.4 Å². The first kappa shape index (κ1) is 22.6. The van der Waals surface area contributed by atoms with Crippen molar-refractivity contribution in [2.45, 2.75) is 0 Å². The fourth-order valence-corrected chi connectivity index (χ4v) is 3.77. The zero-order valence-electron chi connectivity index (χ0n) is 16.6. The normalized spacial score (nSPS) is 15.9. The maximum Gasteiger partial charge on any atom is 0.341 e. The van der Waals surface area contributed by atoms with Crippen LogP contribution in [-0.4, -0.2) is 56.4 Å². The molecular formula is C22H18N2O7S. The molecule has 3 rings (SSSR count). The number of aromatic carboxylic acids is 1. The summed E-state index contributed by atoms with van der Waals surface area (Å²) in [6.45, 7) is 3.31. The monoisotopic (exact) mass is 454 g/mol. The molecule has 9 nitrogen and oxygen atoms in total. The standard InChI is InChI=1S/C22H18N2O7S/c1-2-9-24-20(28)18(10-13-5-3-4-6-17(13)31-12-19(26)27)32-22(24)23-14-7-8-15(21(29)30)16(25)11-14/h2-8,10-11,25H,1,9,12H2,(H,26,27)(H,29,30)/b18-10-,23-22?. The Bertz CT molecular complexity index is 1160. The van der Waals surface area contributed by atoms with Crippen LogP contribution in [0.2, 0.25) is 0 Å². The van der Waals surface area contributed by atoms with Crippen molar-refractivity contribution in [1.82, 2.24) is 4.90 Å². The number of aliphatic imine (C=N–C) groups is 1. The molecule has 2 aromatic carbocycles. The van der Waals surface area contributed by atoms with Gasteiger partial charge in [-0.2, -0.15) is 0 Å². The van der Waals surface area contributed by atoms with E-state index in [9.17, 15) is 19.5 Å². The number of aliphatic carboxylic acids is 1. The number of carboxylic acids is 2. The van der Waals surface area contributed by atoms with E-state index in [1.54, 1.807) is 30.3 Å². The van der Waals surface area contributed by atoms with E-state index in [1.165, 1.54) is 29.2 Å². The Hall–Kier alpha value is -4.05. The summed E-state index contributed by atoms with van der Waals surface area (Å²) < 4.78 is 5.28. The number of benzene rings is 2. The van der Waals surface area contributed by atoms with Crippen molar-refractivity contribution < 1.29 is 34.4 Å². The highest BCUT2D eigenvalue weighted by Gasteiger charge is 2.33. The van der Waals surface area contributed by atoms with Crippen LogP contribution in [0.25, 0.3) is 6.08 Å². The van der Waals surface area contributed by atoms with E-state index in [4.69, 9.17) is 14.9 Å². The molecule has 1 heterocycles. The number of phenols is 1. The third-order valence-corrected chi connectivity index (χ3v) is 5.20. The Morgan fingerprint density at radius 3 is 2.59 bits per heavy atom. The zero-order valence-corrected chi connectivity index (χ0v) is 17.4. The van der Waals surface area contributed by atoms with Gasteiger partial charge in [-0.05, 0) is 36.0 Å². The summed E-state index contributed by atoms with van der Waals surface area (Å²) >= 11 is 1.08. The molecule has 1 aliphatic rings. The Morgan fingerprint density at radius 1 is 1.19 bits per heavy atom. The molecule has 0 atom stereocenters. The molecular weight excluding hydrogens is 436 g/mol. The summed E-state index contributed by atoms with van der Waals surface area (Å²) in [7, 11) is 0. The fourth-order valence-electron chi connectivity index (χ4n) is 2.77. The first-order chi connectivity index (χ1) is 15.3. The molecule has 1 amide bonds. The maximum atomic E-state index is 12.9. The van der Waals surface area contributed by atoms with Gasteiger partial charge < -0.3 is 20.1 Å². The number of amidine groups is 1. The highest BCUT2D eigenvalue weighted by molar-refractivity contribution is 8.18. The minimum Gasteiger partial charge on any atom is -0.507 e. The van der Waals surface area contributed by atoms with Crippen LogP contribution in [0, 0.1) is 0 Å². The fraction of sp³-hybridized carbons (Fsp3) is 0.0909. The summed E-state index contributed by atoms with van der Waals surface area (Å²) in [6, 6.07) is 10.5. The smallest absolute Gasteiger partial charge is 0.341 e. The molecule has 1 aliphatic heterocycles. The van der Waals surface area contributed by atoms with Crippen molar-refractivity contribution >= 4 is 46.5 Å². The highest BCUT2D eigenvalue weighted by atomic mass is 32.2. The third-order valence-electron chi connectivity index (χ3n) is 4.19. The predicted octanol–water partition coefficient (Wildman–Crippen LogP) is 3.34. The van der Waals surface area contributed by atoms with Crippen LogP contribution in [0.3, 0.4) is 0 Å². The Balaban J connectivity index is 1.95. The van der Waals surface area contributed by atoms with Gasteiger partial charge in [0.05, 0.1) is 10.6 Å². The van der Waals surface area contributed by atoms with Gasteiger partial charge >= 0.3 is 11.9 Å². The first-order valence-electron chi connectivity index (χ1n) is 9.21. The number of nitrogens with zero attached hydrogens (tertiary/aromatic N) is 2. The predicted molar refractivity (Wildman–Crippen MR) is 119 cm³/mol. The lowest BCUT2D eigenvalue weighted by molar-refractivity contribution is -0.139. The minimum atomic E-state index is -1.27. The average Bonchev–Trinajstić information content (AvgIpc) is 3.02. The molecule has 0 radical (unpaired) electrons. The van der Waals surface area contributed by atoms with Crippen molar-refractivity contribution in [1.29, 1.82) is 0 Å². The molecule has 1 saturated heterocycles. The SMILES string of the molecule is C=CCN1C(=O)/C(=C/c2ccccc2OCC(=O)O)SC1=Nc1ccc(C(=O)O)c(O)c1. The lowest BCUT2D eigenvalue weighted by atomic mass is 10.2. The van der Waals surface area contributed by atoms with Crippen molar-refractivity contribution in [3.8, 4) is 11.5 Å². The Kier molecular flexibility index (Phi) is 6.96. The van der Waals surface area contributed by atoms with Gasteiger partial charge in [0.15, 0.2) is 11.8 Å². The quantitative estimate of drug-likeness (QED) is 0.408. The largest absolute Gasteiger partial charge is 0.507 e. The minimum absolute atomic E-state index is 0.179. The summed E-state index contributed by atoms with van der Waals surface area (Å²) in [6.07, 6.45) is 3.11. The van der Waals surface area contributed by atoms with E-state index >= 15 is 0 Å². The van der Waals surface area contributed by atoms with E-state index < -0.39 is 24.3 Å². The number of carboxylic acid groups (broad SMARTS) is 2. The number of para-hydroxylation sites is 1. The van der Waals surface area contributed by atoms with Gasteiger partial charge in [0, 0.05) is 18.2 Å². The van der Waals surface area contributed by atoms with Crippen LogP contribution in [0.15, 0.2) is 65.0 Å². The second-order valence-electron chi connectivity index (χ2n) is 6.44. The number of amides is 1. The second-order valence-corrected chi connectivity index (χ2v) is 7.45. The van der Waals surface area contributed by atoms with Crippen molar-refractivity contribution in [2.24, 2.45) is 4.99 Å². The highest BCUT2D eigenvalue weighted by Crippen LogP contribution is 2.36. The van der Waals surface area contributed by atoms with Gasteiger partial charge in [0.2, 0.25) is 0 Å². The topological polar surface area (TPSA) is 137 Å². The van der Waals surface area contributed by atoms with Crippen molar-refractivity contribution in [3.63, 3.8) is 0 Å². The van der Waals surface area contributed by atoms with Gasteiger partial charge in [-0.3, -0.25) is 9.69 Å². The molecule has 0 unspecified atom stereocenters. The molecule has 32 heavy (non-hydrogen) atoms. The number of carbonyl (C=O) groups is 3. The van der Waals surface area contributed by atoms with Crippen LogP contribution in [-0.2, 0) is 9.59 Å². The molecule has 0 spiro atoms. The maximum absolute atomic E-state index is 12.9. The Morgan fingerprint density at radius 2 is 1.94 bits per heavy atom. The number of hydrogen-bond acceptors (Lipinski definition) is 7. The van der Waals surface area contributed by atoms with Crippen LogP contribution in [0.4, 0.5) is 5.69 Å². The second kappa shape index (κ2) is 9.84. The Labute approximate surface area is 187 Å². The number of ether oxygens (including phenoxy) is 1. The lowest BCUT2D eigenvalue weighted by Crippen LogP contribution is -2.29. The molecule has 164 valence electrons. The summed E-state index contributed by atoms with van der Waals surface area (Å²) in [5.41, 5.74) is 0.529. The lowest BCUT2D eigenvalue weighted by Gasteiger charge is -2.12. The number of thioether (sulfide) groups is 1. The van der Waals surface area contributed by atoms with E-state index in [2.05, 4.69) is 11.6 Å². The van der Waals surface area contributed by atoms with Gasteiger partial charge in [-0.25, -0.2) is 14.6 Å². The number of aromatic hydroxyl groups is 1. The first-order valence-corrected chi connectivity index (χ1v) is 10.0. The average molecular weight is 454 g/mol. The number of hydrogen-bond donors (Lipinski definition) is 3. The van der Waals surface area contributed by atoms with Crippen LogP contribution in [0.5, 0.6) is 11.5 Å². The molecule has 0 bridgehead atoms. The van der Waals surface area contributed by atoms with E-state index in [0.717, 1.165) is 11.8 Å². The summed E-state index contributed by atoms with van der Waals surface area (Å²) in [5.74, 6) is -2.86. The zero-order chi connectivity index (χ0) is 23.3. The molecule has 0 aromatic heterocycles. The van der Waals surface area contributed by atoms with Gasteiger partial charge in [-0.1, -0.05) is 24.3 Å². The molecule has 10 heteroatoms. The van der Waals surface area contributed by atoms with Crippen LogP contribution >= 0.6 is 11.8 Å². The molecule has 0 aliphatic carbocycles. The van der Waals surface area contributed by atoms with Crippen LogP contribution < -0.4 is 4.74 Å². The molecule has 1 fully saturated rings. The summed E-state index contributed by atoms with van der Waals surface area (Å²) in [5, 5.41) is 28.1. The molecule has 2 aromatic rings. The summed E-state index contributed by atoms with van der Waals surface area (Å²) in [4.78, 5) is 40.9. The van der Waals surface area contributed by atoms with Crippen molar-refractivity contribution in [3.05, 3.63) is 71.2 Å². The van der Waals surface area contributed by atoms with Gasteiger partial charge in [-0.15, -0.1) is 6.58 Å². The van der Waals surface area contributed by atoms with Gasteiger partial charge in [0.1, 0.15) is 17.1 Å². The number of rotatable bonds is 8. The van der Waals surface area contributed by atoms with E-state index in [1.807, 2.05) is 0 Å². The van der Waals surface area contributed by atoms with E-state index in [-0.39, 0.29) is 23.7 Å².